The number of hydrogen-bond acceptors (Lipinski definition) is 3. The Bertz CT molecular complexity index is 495. The van der Waals surface area contributed by atoms with Crippen molar-refractivity contribution in [2.75, 3.05) is 5.88 Å². The Labute approximate surface area is 106 Å². The summed E-state index contributed by atoms with van der Waals surface area (Å²) in [4.78, 5) is 1.47. The van der Waals surface area contributed by atoms with E-state index in [1.54, 1.807) is 7.05 Å². The van der Waals surface area contributed by atoms with Crippen molar-refractivity contribution in [2.24, 2.45) is 7.05 Å². The van der Waals surface area contributed by atoms with Gasteiger partial charge in [-0.25, -0.2) is 0 Å². The fraction of sp³-hybridized carbons (Fsp3) is 0.417. The van der Waals surface area contributed by atoms with Crippen molar-refractivity contribution >= 4 is 11.6 Å². The van der Waals surface area contributed by atoms with Crippen LogP contribution in [0.25, 0.3) is 0 Å². The van der Waals surface area contributed by atoms with E-state index >= 15 is 0 Å². The molecule has 1 unspecified atom stereocenters. The molecule has 0 aliphatic carbocycles. The minimum Gasteiger partial charge on any atom is -0.167 e. The van der Waals surface area contributed by atoms with E-state index in [1.165, 1.54) is 15.9 Å². The number of aromatic nitrogens is 4. The van der Waals surface area contributed by atoms with E-state index < -0.39 is 0 Å². The molecule has 0 aliphatic rings. The molecule has 0 bridgehead atoms. The number of alkyl halides is 1. The highest BCUT2D eigenvalue weighted by Crippen LogP contribution is 2.21. The van der Waals surface area contributed by atoms with Crippen molar-refractivity contribution in [1.29, 1.82) is 0 Å². The Kier molecular flexibility index (Phi) is 3.74. The number of hydrogen-bond donors (Lipinski definition) is 0. The molecule has 0 radical (unpaired) electrons. The highest BCUT2D eigenvalue weighted by Gasteiger charge is 2.14. The van der Waals surface area contributed by atoms with Crippen molar-refractivity contribution < 1.29 is 0 Å². The number of aryl methyl sites for hydroxylation is 2. The predicted octanol–water partition coefficient (Wildman–Crippen LogP) is 2.08. The Hall–Kier alpha value is -1.42. The van der Waals surface area contributed by atoms with Crippen molar-refractivity contribution in [2.45, 2.75) is 19.3 Å². The lowest BCUT2D eigenvalue weighted by Crippen LogP contribution is -2.06. The summed E-state index contributed by atoms with van der Waals surface area (Å²) in [5, 5.41) is 12.0. The molecule has 1 heterocycles. The van der Waals surface area contributed by atoms with Crippen LogP contribution in [-0.2, 0) is 13.5 Å². The van der Waals surface area contributed by atoms with Crippen LogP contribution in [0.1, 0.15) is 22.9 Å². The molecule has 0 saturated heterocycles. The van der Waals surface area contributed by atoms with Crippen LogP contribution in [0, 0.1) is 6.92 Å². The van der Waals surface area contributed by atoms with Gasteiger partial charge in [0.2, 0.25) is 0 Å². The van der Waals surface area contributed by atoms with Crippen LogP contribution in [0.15, 0.2) is 24.3 Å². The van der Waals surface area contributed by atoms with E-state index in [-0.39, 0.29) is 5.92 Å². The van der Waals surface area contributed by atoms with E-state index in [9.17, 15) is 0 Å². The highest BCUT2D eigenvalue weighted by atomic mass is 35.5. The molecular formula is C12H15ClN4. The summed E-state index contributed by atoms with van der Waals surface area (Å²) >= 11 is 6.03. The molecule has 0 saturated carbocycles. The molecule has 0 N–H and O–H groups in total. The van der Waals surface area contributed by atoms with E-state index in [1.807, 2.05) is 6.07 Å². The lowest BCUT2D eigenvalue weighted by atomic mass is 9.96. The molecule has 4 nitrogen and oxygen atoms in total. The zero-order chi connectivity index (χ0) is 12.3. The first-order chi connectivity index (χ1) is 8.19. The minimum absolute atomic E-state index is 0.237. The molecule has 1 aromatic heterocycles. The Balaban J connectivity index is 2.16. The van der Waals surface area contributed by atoms with Crippen molar-refractivity contribution in [3.8, 4) is 0 Å². The first-order valence-electron chi connectivity index (χ1n) is 5.54. The number of nitrogens with zero attached hydrogens (tertiary/aromatic N) is 4. The second-order valence-electron chi connectivity index (χ2n) is 4.16. The molecule has 0 aliphatic heterocycles. The fourth-order valence-corrected chi connectivity index (χ4v) is 2.10. The summed E-state index contributed by atoms with van der Waals surface area (Å²) in [6, 6.07) is 8.38. The molecule has 90 valence electrons. The van der Waals surface area contributed by atoms with Gasteiger partial charge in [0.05, 0.1) is 7.05 Å². The van der Waals surface area contributed by atoms with Gasteiger partial charge in [-0.3, -0.25) is 0 Å². The second kappa shape index (κ2) is 5.27. The van der Waals surface area contributed by atoms with Gasteiger partial charge in [-0.1, -0.05) is 29.8 Å². The van der Waals surface area contributed by atoms with Gasteiger partial charge < -0.3 is 0 Å². The lowest BCUT2D eigenvalue weighted by molar-refractivity contribution is 0.624. The van der Waals surface area contributed by atoms with Crippen LogP contribution in [0.4, 0.5) is 0 Å². The smallest absolute Gasteiger partial charge is 0.167 e. The Morgan fingerprint density at radius 2 is 2.24 bits per heavy atom. The van der Waals surface area contributed by atoms with E-state index in [0.717, 1.165) is 12.2 Å². The molecule has 2 aromatic rings. The summed E-state index contributed by atoms with van der Waals surface area (Å²) in [6.07, 6.45) is 0.723. The molecule has 1 atom stereocenters. The summed E-state index contributed by atoms with van der Waals surface area (Å²) in [5.41, 5.74) is 2.47. The Morgan fingerprint density at radius 1 is 1.41 bits per heavy atom. The first-order valence-corrected chi connectivity index (χ1v) is 6.08. The van der Waals surface area contributed by atoms with Gasteiger partial charge in [-0.05, 0) is 17.7 Å². The van der Waals surface area contributed by atoms with Crippen LogP contribution < -0.4 is 0 Å². The van der Waals surface area contributed by atoms with Gasteiger partial charge in [-0.15, -0.1) is 21.8 Å². The molecule has 0 fully saturated rings. The summed E-state index contributed by atoms with van der Waals surface area (Å²) in [6.45, 7) is 2.08. The van der Waals surface area contributed by atoms with Gasteiger partial charge in [0.25, 0.3) is 0 Å². The largest absolute Gasteiger partial charge is 0.175 e. The summed E-state index contributed by atoms with van der Waals surface area (Å²) in [5.74, 6) is 1.53. The third kappa shape index (κ3) is 3.03. The maximum absolute atomic E-state index is 6.03. The molecule has 0 spiro atoms. The summed E-state index contributed by atoms with van der Waals surface area (Å²) < 4.78 is 0. The van der Waals surface area contributed by atoms with Crippen LogP contribution >= 0.6 is 11.6 Å². The third-order valence-corrected chi connectivity index (χ3v) is 3.05. The third-order valence-electron chi connectivity index (χ3n) is 2.68. The van der Waals surface area contributed by atoms with Gasteiger partial charge >= 0.3 is 0 Å². The standard InChI is InChI=1S/C12H15ClN4/c1-9-4-3-5-10(6-9)11(8-13)7-12-14-16-17(2)15-12/h3-6,11H,7-8H2,1-2H3. The van der Waals surface area contributed by atoms with Gasteiger partial charge in [-0.2, -0.15) is 4.80 Å². The van der Waals surface area contributed by atoms with Crippen LogP contribution in [0.5, 0.6) is 0 Å². The highest BCUT2D eigenvalue weighted by molar-refractivity contribution is 6.18. The SMILES string of the molecule is Cc1cccc(C(CCl)Cc2nnn(C)n2)c1. The van der Waals surface area contributed by atoms with Crippen molar-refractivity contribution in [1.82, 2.24) is 20.2 Å². The normalized spacial score (nSPS) is 12.6. The topological polar surface area (TPSA) is 43.6 Å². The molecular weight excluding hydrogens is 236 g/mol. The maximum Gasteiger partial charge on any atom is 0.175 e. The number of tetrazole rings is 1. The minimum atomic E-state index is 0.237. The van der Waals surface area contributed by atoms with E-state index in [0.29, 0.717) is 5.88 Å². The monoisotopic (exact) mass is 250 g/mol. The van der Waals surface area contributed by atoms with Crippen LogP contribution in [-0.4, -0.2) is 26.1 Å². The van der Waals surface area contributed by atoms with Gasteiger partial charge in [0.1, 0.15) is 0 Å². The summed E-state index contributed by atoms with van der Waals surface area (Å²) in [7, 11) is 1.76. The zero-order valence-electron chi connectivity index (χ0n) is 9.97. The molecule has 1 aromatic carbocycles. The van der Waals surface area contributed by atoms with Crippen molar-refractivity contribution in [3.05, 3.63) is 41.2 Å². The molecule has 5 heteroatoms. The fourth-order valence-electron chi connectivity index (χ4n) is 1.81. The van der Waals surface area contributed by atoms with E-state index in [4.69, 9.17) is 11.6 Å². The quantitative estimate of drug-likeness (QED) is 0.781. The van der Waals surface area contributed by atoms with Gasteiger partial charge in [0.15, 0.2) is 5.82 Å². The number of halogens is 1. The van der Waals surface area contributed by atoms with Crippen LogP contribution in [0.2, 0.25) is 0 Å². The maximum atomic E-state index is 6.03. The van der Waals surface area contributed by atoms with Crippen molar-refractivity contribution in [3.63, 3.8) is 0 Å². The lowest BCUT2D eigenvalue weighted by Gasteiger charge is -2.12. The zero-order valence-corrected chi connectivity index (χ0v) is 10.7. The van der Waals surface area contributed by atoms with Crippen LogP contribution in [0.3, 0.4) is 0 Å². The average Bonchev–Trinajstić information content (AvgIpc) is 2.72. The average molecular weight is 251 g/mol. The number of rotatable bonds is 4. The first kappa shape index (κ1) is 12.0. The molecule has 2 rings (SSSR count). The predicted molar refractivity (Wildman–Crippen MR) is 67.1 cm³/mol. The Morgan fingerprint density at radius 3 is 2.82 bits per heavy atom. The number of benzene rings is 1. The van der Waals surface area contributed by atoms with Gasteiger partial charge in [0, 0.05) is 18.2 Å². The molecule has 0 amide bonds. The second-order valence-corrected chi connectivity index (χ2v) is 4.47. The van der Waals surface area contributed by atoms with E-state index in [2.05, 4.69) is 40.5 Å². The molecule has 17 heavy (non-hydrogen) atoms.